The smallest absolute Gasteiger partial charge is 0.220 e. The Labute approximate surface area is 163 Å². The van der Waals surface area contributed by atoms with Crippen molar-refractivity contribution in [2.45, 2.75) is 37.8 Å². The van der Waals surface area contributed by atoms with Crippen molar-refractivity contribution in [1.29, 1.82) is 0 Å². The van der Waals surface area contributed by atoms with E-state index < -0.39 is 5.66 Å². The molecule has 0 aromatic heterocycles. The van der Waals surface area contributed by atoms with Gasteiger partial charge < -0.3 is 16.6 Å². The van der Waals surface area contributed by atoms with Crippen molar-refractivity contribution >= 4 is 23.4 Å². The second-order valence-electron chi connectivity index (χ2n) is 7.24. The molecular weight excluding hydrogens is 354 g/mol. The molecular formula is C21H23N5O2. The highest BCUT2D eigenvalue weighted by Gasteiger charge is 2.42. The van der Waals surface area contributed by atoms with Crippen molar-refractivity contribution in [3.8, 4) is 5.75 Å². The molecule has 7 heteroatoms. The minimum absolute atomic E-state index is 0.110. The van der Waals surface area contributed by atoms with E-state index in [9.17, 15) is 9.90 Å². The molecule has 28 heavy (non-hydrogen) atoms. The van der Waals surface area contributed by atoms with E-state index in [1.54, 1.807) is 24.3 Å². The van der Waals surface area contributed by atoms with Gasteiger partial charge in [-0.05, 0) is 74.2 Å². The number of phenols is 1. The topological polar surface area (TPSA) is 117 Å². The number of hydrogen-bond acceptors (Lipinski definition) is 7. The van der Waals surface area contributed by atoms with Crippen molar-refractivity contribution < 1.29 is 9.90 Å². The van der Waals surface area contributed by atoms with Crippen LogP contribution < -0.4 is 16.4 Å². The lowest BCUT2D eigenvalue weighted by molar-refractivity contribution is 0.103. The lowest BCUT2D eigenvalue weighted by Gasteiger charge is -2.45. The Morgan fingerprint density at radius 3 is 2.11 bits per heavy atom. The van der Waals surface area contributed by atoms with Crippen molar-refractivity contribution in [2.75, 3.05) is 4.90 Å². The molecule has 1 heterocycles. The van der Waals surface area contributed by atoms with E-state index in [0.29, 0.717) is 17.1 Å². The summed E-state index contributed by atoms with van der Waals surface area (Å²) in [5.41, 5.74) is 13.5. The van der Waals surface area contributed by atoms with Crippen molar-refractivity contribution in [3.63, 3.8) is 0 Å². The molecule has 1 aliphatic heterocycles. The number of phenolic OH excluding ortho intramolecular Hbond substituents is 1. The maximum absolute atomic E-state index is 12.7. The zero-order valence-corrected chi connectivity index (χ0v) is 15.5. The fourth-order valence-corrected chi connectivity index (χ4v) is 4.04. The summed E-state index contributed by atoms with van der Waals surface area (Å²) in [5.74, 6) is 0.563. The Balaban J connectivity index is 1.64. The van der Waals surface area contributed by atoms with Crippen LogP contribution in [0.4, 0.5) is 5.69 Å². The summed E-state index contributed by atoms with van der Waals surface area (Å²) in [6, 6.07) is 13.5. The van der Waals surface area contributed by atoms with Gasteiger partial charge in [0.2, 0.25) is 11.9 Å². The number of hydrogen-bond donors (Lipinski definition) is 3. The number of rotatable bonds is 3. The number of nitrogens with zero attached hydrogens (tertiary/aromatic N) is 3. The first-order valence-electron chi connectivity index (χ1n) is 9.42. The number of ketones is 1. The van der Waals surface area contributed by atoms with E-state index in [1.165, 1.54) is 18.6 Å². The Bertz CT molecular complexity index is 942. The van der Waals surface area contributed by atoms with E-state index in [0.717, 1.165) is 31.4 Å². The van der Waals surface area contributed by atoms with Crippen LogP contribution >= 0.6 is 0 Å². The standard InChI is InChI=1S/C21H23N5O2/c22-19-24-20(23)26(21(25-19)12-2-1-3-13-21)16-8-4-14(5-9-16)18(28)15-6-10-17(27)11-7-15/h4-11,27H,1-3,12-13H2,(H4,22,23,24,25). The molecule has 0 saturated heterocycles. The average Bonchev–Trinajstić information content (AvgIpc) is 2.68. The van der Waals surface area contributed by atoms with Crippen LogP contribution in [0.1, 0.15) is 48.0 Å². The molecule has 144 valence electrons. The summed E-state index contributed by atoms with van der Waals surface area (Å²) in [4.78, 5) is 23.4. The molecule has 4 rings (SSSR count). The van der Waals surface area contributed by atoms with Gasteiger partial charge in [0.25, 0.3) is 0 Å². The lowest BCUT2D eigenvalue weighted by atomic mass is 9.87. The lowest BCUT2D eigenvalue weighted by Crippen LogP contribution is -2.58. The molecule has 0 atom stereocenters. The molecule has 0 amide bonds. The number of guanidine groups is 2. The quantitative estimate of drug-likeness (QED) is 0.711. The van der Waals surface area contributed by atoms with Crippen molar-refractivity contribution in [3.05, 3.63) is 59.7 Å². The molecule has 1 saturated carbocycles. The monoisotopic (exact) mass is 377 g/mol. The fourth-order valence-electron chi connectivity index (χ4n) is 4.04. The van der Waals surface area contributed by atoms with Crippen molar-refractivity contribution in [1.82, 2.24) is 0 Å². The number of aromatic hydroxyl groups is 1. The van der Waals surface area contributed by atoms with Crippen LogP contribution in [0.25, 0.3) is 0 Å². The molecule has 2 aromatic rings. The number of carbonyl (C=O) groups excluding carboxylic acids is 1. The number of aliphatic imine (C=N–C) groups is 2. The second kappa shape index (κ2) is 6.99. The second-order valence-corrected chi connectivity index (χ2v) is 7.24. The highest BCUT2D eigenvalue weighted by Crippen LogP contribution is 2.39. The predicted octanol–water partition coefficient (Wildman–Crippen LogP) is 2.73. The molecule has 0 radical (unpaired) electrons. The Morgan fingerprint density at radius 2 is 1.50 bits per heavy atom. The summed E-state index contributed by atoms with van der Waals surface area (Å²) in [5, 5.41) is 9.39. The van der Waals surface area contributed by atoms with Crippen LogP contribution in [0.3, 0.4) is 0 Å². The first kappa shape index (κ1) is 18.0. The SMILES string of the molecule is NC1=NC2(CCCCC2)N(c2ccc(C(=O)c3ccc(O)cc3)cc2)C(N)=N1. The highest BCUT2D eigenvalue weighted by atomic mass is 16.3. The molecule has 1 aliphatic carbocycles. The summed E-state index contributed by atoms with van der Waals surface area (Å²) < 4.78 is 0. The van der Waals surface area contributed by atoms with Crippen LogP contribution in [0, 0.1) is 0 Å². The zero-order chi connectivity index (χ0) is 19.7. The Kier molecular flexibility index (Phi) is 4.50. The van der Waals surface area contributed by atoms with E-state index >= 15 is 0 Å². The molecule has 7 nitrogen and oxygen atoms in total. The molecule has 5 N–H and O–H groups in total. The summed E-state index contributed by atoms with van der Waals surface area (Å²) >= 11 is 0. The van der Waals surface area contributed by atoms with Gasteiger partial charge in [0.05, 0.1) is 0 Å². The molecule has 1 fully saturated rings. The van der Waals surface area contributed by atoms with Gasteiger partial charge in [-0.2, -0.15) is 4.99 Å². The first-order chi connectivity index (χ1) is 13.5. The largest absolute Gasteiger partial charge is 0.508 e. The molecule has 2 aromatic carbocycles. The zero-order valence-electron chi connectivity index (χ0n) is 15.5. The molecule has 0 unspecified atom stereocenters. The predicted molar refractivity (Wildman–Crippen MR) is 110 cm³/mol. The van der Waals surface area contributed by atoms with Crippen LogP contribution in [-0.4, -0.2) is 28.5 Å². The van der Waals surface area contributed by atoms with Crippen LogP contribution in [0.5, 0.6) is 5.75 Å². The van der Waals surface area contributed by atoms with Gasteiger partial charge in [-0.15, -0.1) is 0 Å². The maximum atomic E-state index is 12.7. The third kappa shape index (κ3) is 3.19. The summed E-state index contributed by atoms with van der Waals surface area (Å²) in [6.07, 6.45) is 4.99. The van der Waals surface area contributed by atoms with Gasteiger partial charge in [-0.1, -0.05) is 6.42 Å². The van der Waals surface area contributed by atoms with E-state index in [-0.39, 0.29) is 17.5 Å². The first-order valence-corrected chi connectivity index (χ1v) is 9.42. The van der Waals surface area contributed by atoms with E-state index in [1.807, 2.05) is 17.0 Å². The molecule has 1 spiro atoms. The maximum Gasteiger partial charge on any atom is 0.220 e. The number of anilines is 1. The Morgan fingerprint density at radius 1 is 0.929 bits per heavy atom. The minimum atomic E-state index is -0.503. The molecule has 2 aliphatic rings. The van der Waals surface area contributed by atoms with Gasteiger partial charge in [0.15, 0.2) is 5.78 Å². The number of carbonyl (C=O) groups is 1. The van der Waals surface area contributed by atoms with Gasteiger partial charge in [-0.3, -0.25) is 9.69 Å². The van der Waals surface area contributed by atoms with E-state index in [4.69, 9.17) is 11.5 Å². The third-order valence-electron chi connectivity index (χ3n) is 5.37. The fraction of sp³-hybridized carbons (Fsp3) is 0.286. The Hall–Kier alpha value is -3.35. The van der Waals surface area contributed by atoms with Crippen LogP contribution in [0.2, 0.25) is 0 Å². The third-order valence-corrected chi connectivity index (χ3v) is 5.37. The summed E-state index contributed by atoms with van der Waals surface area (Å²) in [6.45, 7) is 0. The molecule has 0 bridgehead atoms. The highest BCUT2D eigenvalue weighted by molar-refractivity contribution is 6.10. The normalized spacial score (nSPS) is 18.5. The van der Waals surface area contributed by atoms with Gasteiger partial charge >= 0.3 is 0 Å². The number of benzene rings is 2. The van der Waals surface area contributed by atoms with Gasteiger partial charge in [0.1, 0.15) is 11.4 Å². The minimum Gasteiger partial charge on any atom is -0.508 e. The number of nitrogens with two attached hydrogens (primary N) is 2. The van der Waals surface area contributed by atoms with Gasteiger partial charge in [-0.25, -0.2) is 4.99 Å². The summed E-state index contributed by atoms with van der Waals surface area (Å²) in [7, 11) is 0. The van der Waals surface area contributed by atoms with E-state index in [2.05, 4.69) is 9.98 Å². The van der Waals surface area contributed by atoms with Crippen LogP contribution in [-0.2, 0) is 0 Å². The van der Waals surface area contributed by atoms with Gasteiger partial charge in [0, 0.05) is 16.8 Å². The van der Waals surface area contributed by atoms with Crippen molar-refractivity contribution in [2.24, 2.45) is 21.5 Å². The van der Waals surface area contributed by atoms with Crippen LogP contribution in [0.15, 0.2) is 58.5 Å². The average molecular weight is 377 g/mol.